The van der Waals surface area contributed by atoms with Gasteiger partial charge >= 0.3 is 0 Å². The molecule has 25 heavy (non-hydrogen) atoms. The van der Waals surface area contributed by atoms with Crippen molar-refractivity contribution in [3.05, 3.63) is 81.8 Å². The van der Waals surface area contributed by atoms with Crippen molar-refractivity contribution in [2.24, 2.45) is 0 Å². The van der Waals surface area contributed by atoms with Crippen molar-refractivity contribution in [1.82, 2.24) is 0 Å². The second-order valence-electron chi connectivity index (χ2n) is 5.42. The van der Waals surface area contributed by atoms with Crippen LogP contribution in [0, 0.1) is 0 Å². The largest absolute Gasteiger partial charge is 0.508 e. The molecule has 0 saturated carbocycles. The third-order valence-electron chi connectivity index (χ3n) is 3.91. The van der Waals surface area contributed by atoms with Crippen molar-refractivity contribution in [3.63, 3.8) is 0 Å². The lowest BCUT2D eigenvalue weighted by Crippen LogP contribution is -2.13. The monoisotopic (exact) mass is 338 g/mol. The van der Waals surface area contributed by atoms with Crippen LogP contribution in [-0.4, -0.2) is 10.2 Å². The van der Waals surface area contributed by atoms with E-state index in [1.807, 2.05) is 44.2 Å². The van der Waals surface area contributed by atoms with Crippen LogP contribution < -0.4 is 5.43 Å². The Labute approximate surface area is 147 Å². The van der Waals surface area contributed by atoms with Gasteiger partial charge in [0, 0.05) is 12.0 Å². The minimum absolute atomic E-state index is 0.142. The second-order valence-corrected chi connectivity index (χ2v) is 5.42. The van der Waals surface area contributed by atoms with E-state index < -0.39 is 0 Å². The molecule has 0 aliphatic heterocycles. The molecule has 3 rings (SSSR count). The molecule has 1 aromatic heterocycles. The zero-order valence-corrected chi connectivity index (χ0v) is 14.7. The Balaban J connectivity index is 0.00000109. The van der Waals surface area contributed by atoms with Gasteiger partial charge in [0.2, 0.25) is 5.43 Å². The zero-order chi connectivity index (χ0) is 18.6. The standard InChI is InChI=1S/C19H16O4.C2H6/c1-3-15-17(16-11(2)9-14(20)19(16)22)18(21)13(10-23-15)12-7-5-4-6-8-12;1-2/h3-8,10,20,22H,1,9H2,2H3;1-2H3. The Morgan fingerprint density at radius 2 is 1.80 bits per heavy atom. The molecule has 0 radical (unpaired) electrons. The van der Waals surface area contributed by atoms with Gasteiger partial charge in [0.25, 0.3) is 0 Å². The van der Waals surface area contributed by atoms with Crippen molar-refractivity contribution in [3.8, 4) is 11.1 Å². The molecule has 0 saturated heterocycles. The highest BCUT2D eigenvalue weighted by molar-refractivity contribution is 5.86. The topological polar surface area (TPSA) is 70.7 Å². The maximum Gasteiger partial charge on any atom is 0.201 e. The Hall–Kier alpha value is -3.01. The lowest BCUT2D eigenvalue weighted by molar-refractivity contribution is 0.340. The van der Waals surface area contributed by atoms with Crippen LogP contribution in [0.1, 0.15) is 38.5 Å². The third-order valence-corrected chi connectivity index (χ3v) is 3.91. The Morgan fingerprint density at radius 3 is 2.32 bits per heavy atom. The van der Waals surface area contributed by atoms with Gasteiger partial charge in [-0.15, -0.1) is 0 Å². The molecule has 130 valence electrons. The first kappa shape index (κ1) is 18.3. The smallest absolute Gasteiger partial charge is 0.201 e. The normalized spacial score (nSPS) is 13.6. The molecule has 0 unspecified atom stereocenters. The fourth-order valence-electron chi connectivity index (χ4n) is 2.79. The summed E-state index contributed by atoms with van der Waals surface area (Å²) >= 11 is 0. The molecule has 1 aliphatic rings. The number of hydrogen-bond acceptors (Lipinski definition) is 4. The predicted molar refractivity (Wildman–Crippen MR) is 101 cm³/mol. The molecule has 2 N–H and O–H groups in total. The Bertz CT molecular complexity index is 899. The van der Waals surface area contributed by atoms with Gasteiger partial charge in [-0.1, -0.05) is 56.3 Å². The summed E-state index contributed by atoms with van der Waals surface area (Å²) in [7, 11) is 0. The number of allylic oxidation sites excluding steroid dienone is 2. The number of aliphatic hydroxyl groups excluding tert-OH is 2. The molecule has 4 nitrogen and oxygen atoms in total. The van der Waals surface area contributed by atoms with E-state index in [2.05, 4.69) is 6.58 Å². The SMILES string of the molecule is C=Cc1occ(-c2ccccc2)c(=O)c1C1=C(C)CC(O)=C1O.CC. The van der Waals surface area contributed by atoms with E-state index in [4.69, 9.17) is 4.42 Å². The van der Waals surface area contributed by atoms with E-state index in [1.54, 1.807) is 6.92 Å². The minimum Gasteiger partial charge on any atom is -0.508 e. The first-order chi connectivity index (χ1) is 12.0. The van der Waals surface area contributed by atoms with Gasteiger partial charge in [-0.2, -0.15) is 0 Å². The summed E-state index contributed by atoms with van der Waals surface area (Å²) in [4.78, 5) is 13.0. The average molecular weight is 338 g/mol. The van der Waals surface area contributed by atoms with Crippen molar-refractivity contribution in [2.75, 3.05) is 0 Å². The molecule has 1 aliphatic carbocycles. The average Bonchev–Trinajstić information content (AvgIpc) is 2.89. The summed E-state index contributed by atoms with van der Waals surface area (Å²) < 4.78 is 5.55. The fraction of sp³-hybridized carbons (Fsp3) is 0.190. The molecule has 1 aromatic carbocycles. The summed E-state index contributed by atoms with van der Waals surface area (Å²) in [5.74, 6) is -0.148. The fourth-order valence-corrected chi connectivity index (χ4v) is 2.79. The van der Waals surface area contributed by atoms with Crippen LogP contribution >= 0.6 is 0 Å². The number of hydrogen-bond donors (Lipinski definition) is 2. The maximum atomic E-state index is 13.0. The number of benzene rings is 1. The summed E-state index contributed by atoms with van der Waals surface area (Å²) in [5.41, 5.74) is 2.10. The van der Waals surface area contributed by atoms with Crippen molar-refractivity contribution >= 4 is 11.6 Å². The van der Waals surface area contributed by atoms with E-state index in [9.17, 15) is 15.0 Å². The van der Waals surface area contributed by atoms with Gasteiger partial charge in [-0.05, 0) is 18.6 Å². The molecule has 1 heterocycles. The van der Waals surface area contributed by atoms with Gasteiger partial charge in [0.1, 0.15) is 17.8 Å². The molecule has 0 spiro atoms. The Kier molecular flexibility index (Phi) is 5.65. The van der Waals surface area contributed by atoms with Crippen molar-refractivity contribution in [1.29, 1.82) is 0 Å². The first-order valence-corrected chi connectivity index (χ1v) is 8.19. The summed E-state index contributed by atoms with van der Waals surface area (Å²) in [6.45, 7) is 9.42. The van der Waals surface area contributed by atoms with E-state index in [0.29, 0.717) is 16.7 Å². The van der Waals surface area contributed by atoms with Crippen LogP contribution in [-0.2, 0) is 0 Å². The number of rotatable bonds is 3. The quantitative estimate of drug-likeness (QED) is 0.777. The highest BCUT2D eigenvalue weighted by atomic mass is 16.3. The third kappa shape index (κ3) is 3.29. The van der Waals surface area contributed by atoms with Gasteiger partial charge < -0.3 is 14.6 Å². The molecular weight excluding hydrogens is 316 g/mol. The van der Waals surface area contributed by atoms with E-state index in [1.165, 1.54) is 12.3 Å². The highest BCUT2D eigenvalue weighted by Crippen LogP contribution is 2.37. The van der Waals surface area contributed by atoms with Crippen LogP contribution in [0.15, 0.2) is 69.5 Å². The van der Waals surface area contributed by atoms with Gasteiger partial charge in [0.15, 0.2) is 5.76 Å². The van der Waals surface area contributed by atoms with Crippen LogP contribution in [0.5, 0.6) is 0 Å². The molecule has 0 atom stereocenters. The van der Waals surface area contributed by atoms with Crippen molar-refractivity contribution < 1.29 is 14.6 Å². The van der Waals surface area contributed by atoms with Crippen LogP contribution in [0.25, 0.3) is 22.8 Å². The molecule has 2 aromatic rings. The molecule has 0 amide bonds. The summed E-state index contributed by atoms with van der Waals surface area (Å²) in [6, 6.07) is 9.15. The number of aliphatic hydroxyl groups is 2. The summed E-state index contributed by atoms with van der Waals surface area (Å²) in [5, 5.41) is 19.9. The van der Waals surface area contributed by atoms with Gasteiger partial charge in [-0.3, -0.25) is 4.79 Å². The first-order valence-electron chi connectivity index (χ1n) is 8.19. The van der Waals surface area contributed by atoms with E-state index in [0.717, 1.165) is 5.56 Å². The lowest BCUT2D eigenvalue weighted by Gasteiger charge is -2.10. The minimum atomic E-state index is -0.275. The Morgan fingerprint density at radius 1 is 1.16 bits per heavy atom. The molecular formula is C21H22O4. The van der Waals surface area contributed by atoms with Crippen LogP contribution in [0.4, 0.5) is 0 Å². The zero-order valence-electron chi connectivity index (χ0n) is 14.7. The van der Waals surface area contributed by atoms with E-state index >= 15 is 0 Å². The van der Waals surface area contributed by atoms with Crippen molar-refractivity contribution in [2.45, 2.75) is 27.2 Å². The van der Waals surface area contributed by atoms with Crippen LogP contribution in [0.2, 0.25) is 0 Å². The highest BCUT2D eigenvalue weighted by Gasteiger charge is 2.28. The molecule has 0 fully saturated rings. The van der Waals surface area contributed by atoms with E-state index in [-0.39, 0.29) is 34.7 Å². The second kappa shape index (κ2) is 7.71. The molecule has 4 heteroatoms. The summed E-state index contributed by atoms with van der Waals surface area (Å²) in [6.07, 6.45) is 3.03. The lowest BCUT2D eigenvalue weighted by atomic mass is 9.97. The molecule has 0 bridgehead atoms. The van der Waals surface area contributed by atoms with Gasteiger partial charge in [0.05, 0.1) is 11.1 Å². The maximum absolute atomic E-state index is 13.0. The predicted octanol–water partition coefficient (Wildman–Crippen LogP) is 5.48. The van der Waals surface area contributed by atoms with Gasteiger partial charge in [-0.25, -0.2) is 0 Å². The van der Waals surface area contributed by atoms with Crippen LogP contribution in [0.3, 0.4) is 0 Å².